The van der Waals surface area contributed by atoms with E-state index in [4.69, 9.17) is 17.3 Å². The summed E-state index contributed by atoms with van der Waals surface area (Å²) in [7, 11) is 0. The molecular formula is C20H25ClF3N3O3. The molecule has 0 spiro atoms. The van der Waals surface area contributed by atoms with Crippen molar-refractivity contribution in [1.29, 1.82) is 0 Å². The molecule has 30 heavy (non-hydrogen) atoms. The van der Waals surface area contributed by atoms with E-state index in [2.05, 4.69) is 10.1 Å². The summed E-state index contributed by atoms with van der Waals surface area (Å²) in [5.41, 5.74) is 3.56. The number of nitrogens with one attached hydrogen (secondary N) is 1. The number of amides is 2. The molecule has 1 aliphatic heterocycles. The van der Waals surface area contributed by atoms with Crippen LogP contribution in [-0.4, -0.2) is 48.7 Å². The minimum Gasteiger partial charge on any atom is -0.466 e. The Kier molecular flexibility index (Phi) is 6.25. The van der Waals surface area contributed by atoms with E-state index in [1.165, 1.54) is 11.8 Å². The Morgan fingerprint density at radius 2 is 2.03 bits per heavy atom. The van der Waals surface area contributed by atoms with E-state index in [0.717, 1.165) is 18.2 Å². The van der Waals surface area contributed by atoms with Crippen molar-refractivity contribution in [2.75, 3.05) is 19.7 Å². The zero-order chi connectivity index (χ0) is 22.2. The number of piperidine rings is 1. The van der Waals surface area contributed by atoms with Gasteiger partial charge in [-0.25, -0.2) is 18.0 Å². The van der Waals surface area contributed by atoms with Crippen LogP contribution in [0.2, 0.25) is 5.02 Å². The first-order chi connectivity index (χ1) is 14.0. The van der Waals surface area contributed by atoms with Gasteiger partial charge in [-0.15, -0.1) is 0 Å². The highest BCUT2D eigenvalue weighted by molar-refractivity contribution is 6.31. The van der Waals surface area contributed by atoms with Gasteiger partial charge in [-0.1, -0.05) is 18.5 Å². The molecule has 0 atom stereocenters. The predicted octanol–water partition coefficient (Wildman–Crippen LogP) is 3.42. The second-order valence-corrected chi connectivity index (χ2v) is 8.98. The molecule has 0 aromatic heterocycles. The molecule has 3 N–H and O–H groups in total. The van der Waals surface area contributed by atoms with Gasteiger partial charge in [0.2, 0.25) is 0 Å². The Hall–Kier alpha value is -2.00. The highest BCUT2D eigenvalue weighted by atomic mass is 35.5. The van der Waals surface area contributed by atoms with Crippen molar-refractivity contribution in [2.45, 2.75) is 50.1 Å². The van der Waals surface area contributed by atoms with Gasteiger partial charge in [0, 0.05) is 30.1 Å². The second-order valence-electron chi connectivity index (χ2n) is 8.57. The SMILES string of the molecule is CC1(C(F)(F)c2ccc(F)cc2Cl)CCN(C(=O)NC2CC(N)(COC=O)C2)CC1. The lowest BCUT2D eigenvalue weighted by Gasteiger charge is -2.46. The topological polar surface area (TPSA) is 84.7 Å². The quantitative estimate of drug-likeness (QED) is 0.654. The smallest absolute Gasteiger partial charge is 0.317 e. The molecule has 1 aromatic rings. The third-order valence-electron chi connectivity index (χ3n) is 6.25. The van der Waals surface area contributed by atoms with Gasteiger partial charge in [-0.2, -0.15) is 0 Å². The predicted molar refractivity (Wildman–Crippen MR) is 105 cm³/mol. The van der Waals surface area contributed by atoms with Gasteiger partial charge in [0.25, 0.3) is 12.4 Å². The summed E-state index contributed by atoms with van der Waals surface area (Å²) in [4.78, 5) is 24.3. The molecule has 0 unspecified atom stereocenters. The van der Waals surface area contributed by atoms with Gasteiger partial charge < -0.3 is 20.7 Å². The molecule has 1 saturated heterocycles. The standard InChI is InChI=1S/C20H25ClF3N3O3/c1-18(20(23,24)15-3-2-13(22)8-16(15)21)4-6-27(7-5-18)17(29)26-14-9-19(25,10-14)11-30-12-28/h2-3,8,12,14H,4-7,9-11,25H2,1H3,(H,26,29). The van der Waals surface area contributed by atoms with E-state index in [9.17, 15) is 14.0 Å². The second kappa shape index (κ2) is 8.26. The fourth-order valence-electron chi connectivity index (χ4n) is 4.19. The molecule has 2 aliphatic rings. The molecule has 1 aliphatic carbocycles. The fourth-order valence-corrected chi connectivity index (χ4v) is 4.48. The third kappa shape index (κ3) is 4.37. The highest BCUT2D eigenvalue weighted by Gasteiger charge is 2.53. The largest absolute Gasteiger partial charge is 0.466 e. The zero-order valence-electron chi connectivity index (χ0n) is 16.6. The van der Waals surface area contributed by atoms with E-state index < -0.39 is 28.3 Å². The van der Waals surface area contributed by atoms with Gasteiger partial charge in [-0.3, -0.25) is 4.79 Å². The van der Waals surface area contributed by atoms with E-state index in [-0.39, 0.29) is 49.6 Å². The molecule has 6 nitrogen and oxygen atoms in total. The average Bonchev–Trinajstić information content (AvgIpc) is 2.65. The number of likely N-dealkylation sites (tertiary alicyclic amines) is 1. The van der Waals surface area contributed by atoms with Crippen LogP contribution >= 0.6 is 11.6 Å². The number of hydrogen-bond acceptors (Lipinski definition) is 4. The first kappa shape index (κ1) is 22.7. The van der Waals surface area contributed by atoms with Crippen molar-refractivity contribution in [1.82, 2.24) is 10.2 Å². The van der Waals surface area contributed by atoms with Crippen molar-refractivity contribution in [2.24, 2.45) is 11.1 Å². The normalized spacial score (nSPS) is 25.9. The van der Waals surface area contributed by atoms with Gasteiger partial charge in [0.15, 0.2) is 0 Å². The van der Waals surface area contributed by atoms with Crippen molar-refractivity contribution in [3.05, 3.63) is 34.6 Å². The lowest BCUT2D eigenvalue weighted by Crippen LogP contribution is -2.64. The summed E-state index contributed by atoms with van der Waals surface area (Å²) in [5.74, 6) is -3.95. The maximum Gasteiger partial charge on any atom is 0.317 e. The summed E-state index contributed by atoms with van der Waals surface area (Å²) in [6, 6.07) is 2.39. The van der Waals surface area contributed by atoms with Crippen LogP contribution in [0.5, 0.6) is 0 Å². The van der Waals surface area contributed by atoms with Crippen molar-refractivity contribution in [3.63, 3.8) is 0 Å². The van der Waals surface area contributed by atoms with Crippen LogP contribution in [0.1, 0.15) is 38.2 Å². The Morgan fingerprint density at radius 1 is 1.40 bits per heavy atom. The molecular weight excluding hydrogens is 423 g/mol. The Labute approximate surface area is 177 Å². The monoisotopic (exact) mass is 447 g/mol. The maximum atomic E-state index is 15.2. The van der Waals surface area contributed by atoms with Gasteiger partial charge in [0.05, 0.1) is 10.6 Å². The number of carbonyl (C=O) groups is 2. The number of nitrogens with zero attached hydrogens (tertiary/aromatic N) is 1. The number of urea groups is 1. The number of carbonyl (C=O) groups excluding carboxylic acids is 2. The van der Waals surface area contributed by atoms with Crippen LogP contribution in [0.3, 0.4) is 0 Å². The number of nitrogens with two attached hydrogens (primary N) is 1. The summed E-state index contributed by atoms with van der Waals surface area (Å²) < 4.78 is 48.4. The minimum atomic E-state index is -3.27. The number of benzene rings is 1. The Morgan fingerprint density at radius 3 is 2.60 bits per heavy atom. The van der Waals surface area contributed by atoms with Crippen LogP contribution < -0.4 is 11.1 Å². The molecule has 1 heterocycles. The summed E-state index contributed by atoms with van der Waals surface area (Å²) >= 11 is 5.88. The van der Waals surface area contributed by atoms with E-state index in [1.54, 1.807) is 0 Å². The molecule has 166 valence electrons. The van der Waals surface area contributed by atoms with Gasteiger partial charge in [-0.05, 0) is 43.9 Å². The lowest BCUT2D eigenvalue weighted by molar-refractivity contribution is -0.142. The number of rotatable bonds is 6. The van der Waals surface area contributed by atoms with Crippen LogP contribution in [0.4, 0.5) is 18.0 Å². The van der Waals surface area contributed by atoms with Crippen molar-refractivity contribution >= 4 is 24.1 Å². The van der Waals surface area contributed by atoms with Crippen molar-refractivity contribution in [3.8, 4) is 0 Å². The molecule has 1 saturated carbocycles. The first-order valence-corrected chi connectivity index (χ1v) is 10.1. The Balaban J connectivity index is 1.56. The summed E-state index contributed by atoms with van der Waals surface area (Å²) in [6.45, 7) is 2.20. The minimum absolute atomic E-state index is 0.0692. The van der Waals surface area contributed by atoms with E-state index in [1.807, 2.05) is 0 Å². The third-order valence-corrected chi connectivity index (χ3v) is 6.57. The molecule has 0 radical (unpaired) electrons. The van der Waals surface area contributed by atoms with E-state index in [0.29, 0.717) is 19.3 Å². The molecule has 2 fully saturated rings. The number of halogens is 4. The number of hydrogen-bond donors (Lipinski definition) is 2. The van der Waals surface area contributed by atoms with Crippen molar-refractivity contribution < 1.29 is 27.5 Å². The molecule has 0 bridgehead atoms. The Bertz CT molecular complexity index is 810. The van der Waals surface area contributed by atoms with Crippen LogP contribution in [0.25, 0.3) is 0 Å². The number of alkyl halides is 2. The molecule has 1 aromatic carbocycles. The van der Waals surface area contributed by atoms with Gasteiger partial charge in [0.1, 0.15) is 12.4 Å². The van der Waals surface area contributed by atoms with Crippen LogP contribution in [-0.2, 0) is 15.5 Å². The van der Waals surface area contributed by atoms with Crippen LogP contribution in [0, 0.1) is 11.2 Å². The average molecular weight is 448 g/mol. The van der Waals surface area contributed by atoms with E-state index >= 15 is 8.78 Å². The lowest BCUT2D eigenvalue weighted by atomic mass is 9.72. The zero-order valence-corrected chi connectivity index (χ0v) is 17.4. The summed E-state index contributed by atoms with van der Waals surface area (Å²) in [6.07, 6.45) is 1.08. The molecule has 3 rings (SSSR count). The first-order valence-electron chi connectivity index (χ1n) is 9.73. The summed E-state index contributed by atoms with van der Waals surface area (Å²) in [5, 5.41) is 2.53. The van der Waals surface area contributed by atoms with Gasteiger partial charge >= 0.3 is 6.03 Å². The number of ether oxygens (including phenoxy) is 1. The fraction of sp³-hybridized carbons (Fsp3) is 0.600. The molecule has 2 amide bonds. The van der Waals surface area contributed by atoms with Crippen LogP contribution in [0.15, 0.2) is 18.2 Å². The highest BCUT2D eigenvalue weighted by Crippen LogP contribution is 2.52. The maximum absolute atomic E-state index is 15.2. The molecule has 10 heteroatoms.